The van der Waals surface area contributed by atoms with E-state index in [0.29, 0.717) is 6.54 Å². The Labute approximate surface area is 224 Å². The second-order valence-corrected chi connectivity index (χ2v) is 23.3. The van der Waals surface area contributed by atoms with Gasteiger partial charge in [0.1, 0.15) is 0 Å². The summed E-state index contributed by atoms with van der Waals surface area (Å²) in [7, 11) is 0. The first kappa shape index (κ1) is 27.5. The van der Waals surface area contributed by atoms with Crippen molar-refractivity contribution in [1.82, 2.24) is 34.8 Å². The van der Waals surface area contributed by atoms with Crippen LogP contribution in [0.15, 0.2) is 48.9 Å². The quantitative estimate of drug-likeness (QED) is 0.156. The zero-order chi connectivity index (χ0) is 26.1. The molecule has 0 aliphatic rings. The van der Waals surface area contributed by atoms with Gasteiger partial charge in [-0.15, -0.1) is 5.10 Å². The molecule has 3 heterocycles. The predicted molar refractivity (Wildman–Crippen MR) is 151 cm³/mol. The van der Waals surface area contributed by atoms with Crippen LogP contribution >= 0.6 is 0 Å². The average Bonchev–Trinajstić information content (AvgIpc) is 3.58. The fourth-order valence-electron chi connectivity index (χ4n) is 5.22. The number of unbranched alkanes of at least 4 members (excludes halogenated alkanes) is 3. The van der Waals surface area contributed by atoms with E-state index in [1.807, 2.05) is 19.1 Å². The molecule has 0 saturated carbocycles. The Morgan fingerprint density at radius 3 is 2.32 bits per heavy atom. The van der Waals surface area contributed by atoms with Crippen LogP contribution in [0.5, 0.6) is 5.75 Å². The maximum atomic E-state index is 6.18. The van der Waals surface area contributed by atoms with Crippen molar-refractivity contribution in [2.45, 2.75) is 92.2 Å². The molecule has 0 fully saturated rings. The maximum absolute atomic E-state index is 6.18. The van der Waals surface area contributed by atoms with Crippen molar-refractivity contribution in [3.05, 3.63) is 48.9 Å². The van der Waals surface area contributed by atoms with Crippen molar-refractivity contribution in [3.63, 3.8) is 0 Å². The monoisotopic (exact) mass is 611 g/mol. The topological polar surface area (TPSA) is 83.0 Å². The van der Waals surface area contributed by atoms with Crippen LogP contribution in [0, 0.1) is 0 Å². The molecule has 4 rings (SSSR count). The van der Waals surface area contributed by atoms with Gasteiger partial charge in [-0.3, -0.25) is 0 Å². The normalized spacial score (nSPS) is 12.8. The van der Waals surface area contributed by atoms with Crippen LogP contribution in [0.4, 0.5) is 0 Å². The predicted octanol–water partition coefficient (Wildman–Crippen LogP) is 5.91. The molecular weight excluding hydrogens is 569 g/mol. The van der Waals surface area contributed by atoms with E-state index in [2.05, 4.69) is 71.3 Å². The van der Waals surface area contributed by atoms with Gasteiger partial charge in [0.15, 0.2) is 0 Å². The standard InChI is InChI=1S/C16H14N7O.3C4H9.Sn/c1-12(10-22-11-18-20-21-22)24-14-4-2-3-13(9-14)15-5-6-16-17-7-8-23(16)19-15;3*1-3-4-2;/h2-7,9,11-12H,10H2,1H3;3*1,3-4H2,2H3;/t12-;;;;/m0..../s1. The second kappa shape index (κ2) is 13.3. The first-order valence-corrected chi connectivity index (χ1v) is 21.4. The number of fused-ring (bicyclic) bond motifs is 1. The van der Waals surface area contributed by atoms with Gasteiger partial charge in [-0.2, -0.15) is 0 Å². The van der Waals surface area contributed by atoms with Crippen molar-refractivity contribution in [1.29, 1.82) is 0 Å². The number of hydrogen-bond donors (Lipinski definition) is 0. The summed E-state index contributed by atoms with van der Waals surface area (Å²) in [5.74, 6) is 0.813. The third-order valence-corrected chi connectivity index (χ3v) is 22.5. The van der Waals surface area contributed by atoms with Crippen LogP contribution in [0.25, 0.3) is 16.9 Å². The van der Waals surface area contributed by atoms with Crippen molar-refractivity contribution < 1.29 is 4.74 Å². The Morgan fingerprint density at radius 1 is 0.946 bits per heavy atom. The molecule has 0 radical (unpaired) electrons. The Hall–Kier alpha value is -2.49. The van der Waals surface area contributed by atoms with Gasteiger partial charge in [0.05, 0.1) is 0 Å². The van der Waals surface area contributed by atoms with E-state index in [0.717, 1.165) is 22.7 Å². The molecule has 0 N–H and O–H groups in total. The molecule has 0 amide bonds. The summed E-state index contributed by atoms with van der Waals surface area (Å²) >= 11 is -2.69. The van der Waals surface area contributed by atoms with Gasteiger partial charge in [-0.05, 0) is 5.21 Å². The number of hydrogen-bond acceptors (Lipinski definition) is 6. The number of imidazole rings is 1. The molecule has 4 aromatic rings. The first-order chi connectivity index (χ1) is 18.1. The molecule has 1 atom stereocenters. The summed E-state index contributed by atoms with van der Waals surface area (Å²) < 4.78 is 15.7. The summed E-state index contributed by atoms with van der Waals surface area (Å²) in [6, 6.07) is 12.4. The molecule has 0 spiro atoms. The van der Waals surface area contributed by atoms with E-state index in [1.165, 1.54) is 55.5 Å². The van der Waals surface area contributed by atoms with E-state index >= 15 is 0 Å². The Morgan fingerprint density at radius 2 is 1.68 bits per heavy atom. The van der Waals surface area contributed by atoms with Crippen LogP contribution in [-0.4, -0.2) is 59.3 Å². The van der Waals surface area contributed by atoms with Gasteiger partial charge < -0.3 is 0 Å². The molecule has 1 aromatic carbocycles. The van der Waals surface area contributed by atoms with Crippen LogP contribution in [0.2, 0.25) is 13.3 Å². The Bertz CT molecular complexity index is 1220. The minimum absolute atomic E-state index is 0.0696. The number of nitrogens with zero attached hydrogens (tertiary/aromatic N) is 7. The van der Waals surface area contributed by atoms with Crippen molar-refractivity contribution >= 4 is 27.7 Å². The number of benzene rings is 1. The number of rotatable bonds is 15. The molecule has 0 unspecified atom stereocenters. The van der Waals surface area contributed by atoms with Gasteiger partial charge in [0.25, 0.3) is 0 Å². The van der Waals surface area contributed by atoms with Crippen LogP contribution in [0.1, 0.15) is 66.2 Å². The molecule has 0 aliphatic carbocycles. The van der Waals surface area contributed by atoms with Crippen molar-refractivity contribution in [2.24, 2.45) is 0 Å². The summed E-state index contributed by atoms with van der Waals surface area (Å²) in [4.78, 5) is 4.85. The Kier molecular flexibility index (Phi) is 9.94. The average molecular weight is 610 g/mol. The third-order valence-electron chi connectivity index (χ3n) is 7.24. The molecule has 3 aromatic heterocycles. The SMILES string of the molecule is CCC[CH2][Sn]([CH2]CCC)([CH2]CCC)[c]1cnc2ccc(-c3cccc(O[C@@H](C)Cn4cnnn4)c3)nn12. The summed E-state index contributed by atoms with van der Waals surface area (Å²) in [5, 5.41) is 16.5. The molecule has 0 saturated heterocycles. The van der Waals surface area contributed by atoms with Gasteiger partial charge in [-0.1, -0.05) is 0 Å². The van der Waals surface area contributed by atoms with Crippen LogP contribution in [-0.2, 0) is 6.54 Å². The second-order valence-electron chi connectivity index (χ2n) is 10.2. The van der Waals surface area contributed by atoms with E-state index < -0.39 is 18.4 Å². The molecule has 0 bridgehead atoms. The molecule has 37 heavy (non-hydrogen) atoms. The van der Waals surface area contributed by atoms with E-state index in [-0.39, 0.29) is 6.10 Å². The van der Waals surface area contributed by atoms with Gasteiger partial charge in [0, 0.05) is 0 Å². The zero-order valence-corrected chi connectivity index (χ0v) is 25.7. The molecule has 198 valence electrons. The van der Waals surface area contributed by atoms with Gasteiger partial charge >= 0.3 is 215 Å². The molecular formula is C28H41N7OSn. The fourth-order valence-corrected chi connectivity index (χ4v) is 21.1. The Balaban J connectivity index is 1.65. The summed E-state index contributed by atoms with van der Waals surface area (Å²) in [6.45, 7) is 9.56. The minimum atomic E-state index is -2.69. The number of tetrazole rings is 1. The number of aromatic nitrogens is 7. The third kappa shape index (κ3) is 6.89. The van der Waals surface area contributed by atoms with Crippen molar-refractivity contribution in [2.75, 3.05) is 0 Å². The van der Waals surface area contributed by atoms with E-state index in [4.69, 9.17) is 14.8 Å². The van der Waals surface area contributed by atoms with E-state index in [1.54, 1.807) is 11.0 Å². The zero-order valence-electron chi connectivity index (χ0n) is 22.8. The summed E-state index contributed by atoms with van der Waals surface area (Å²) in [5.41, 5.74) is 2.96. The summed E-state index contributed by atoms with van der Waals surface area (Å²) in [6.07, 6.45) is 11.4. The number of ether oxygens (including phenoxy) is 1. The van der Waals surface area contributed by atoms with Crippen LogP contribution in [0.3, 0.4) is 0 Å². The van der Waals surface area contributed by atoms with Crippen molar-refractivity contribution in [3.8, 4) is 17.0 Å². The molecule has 8 nitrogen and oxygen atoms in total. The van der Waals surface area contributed by atoms with E-state index in [9.17, 15) is 0 Å². The van der Waals surface area contributed by atoms with Gasteiger partial charge in [-0.25, -0.2) is 0 Å². The van der Waals surface area contributed by atoms with Gasteiger partial charge in [0.2, 0.25) is 0 Å². The van der Waals surface area contributed by atoms with Crippen LogP contribution < -0.4 is 8.45 Å². The first-order valence-electron chi connectivity index (χ1n) is 13.9. The molecule has 9 heteroatoms. The molecule has 0 aliphatic heterocycles. The fraction of sp³-hybridized carbons (Fsp3) is 0.536.